The van der Waals surface area contributed by atoms with Crippen LogP contribution < -0.4 is 0 Å². The van der Waals surface area contributed by atoms with E-state index in [4.69, 9.17) is 5.11 Å². The summed E-state index contributed by atoms with van der Waals surface area (Å²) in [6.45, 7) is 0. The molecular weight excluding hydrogens is 270 g/mol. The van der Waals surface area contributed by atoms with Crippen molar-refractivity contribution in [1.82, 2.24) is 4.90 Å². The Kier molecular flexibility index (Phi) is 2.99. The zero-order valence-corrected chi connectivity index (χ0v) is 9.65. The van der Waals surface area contributed by atoms with Gasteiger partial charge >= 0.3 is 17.7 Å². The highest BCUT2D eigenvalue weighted by atomic mass is 16.4. The molecule has 0 fully saturated rings. The number of rotatable bonds is 3. The van der Waals surface area contributed by atoms with E-state index in [1.807, 2.05) is 0 Å². The largest absolute Gasteiger partial charge is 0.475 e. The van der Waals surface area contributed by atoms with Gasteiger partial charge < -0.3 is 5.11 Å². The van der Waals surface area contributed by atoms with Gasteiger partial charge in [-0.3, -0.25) is 24.0 Å². The van der Waals surface area contributed by atoms with Crippen molar-refractivity contribution in [2.24, 2.45) is 0 Å². The molecule has 1 N–H and O–H groups in total. The molecule has 1 aliphatic rings. The first kappa shape index (κ1) is 13.3. The zero-order valence-electron chi connectivity index (χ0n) is 9.65. The first-order valence-corrected chi connectivity index (χ1v) is 5.20. The number of imide groups is 3. The number of nitrogens with zero attached hydrogens (tertiary/aromatic N) is 1. The molecule has 8 heteroatoms. The molecule has 1 aliphatic heterocycles. The Bertz CT molecular complexity index is 669. The topological polar surface area (TPSA) is 126 Å². The average Bonchev–Trinajstić information content (AvgIpc) is 2.69. The SMILES string of the molecule is O=C(O)C(=O)C(=O)C(=O)N1C(=O)c2ccccc2C1=O. The first-order valence-electron chi connectivity index (χ1n) is 5.20. The smallest absolute Gasteiger partial charge is 0.381 e. The fraction of sp³-hybridized carbons (Fsp3) is 0. The van der Waals surface area contributed by atoms with Gasteiger partial charge in [-0.25, -0.2) is 9.69 Å². The van der Waals surface area contributed by atoms with Gasteiger partial charge in [-0.1, -0.05) is 12.1 Å². The second kappa shape index (κ2) is 4.50. The van der Waals surface area contributed by atoms with Gasteiger partial charge in [0.25, 0.3) is 17.6 Å². The molecule has 0 aromatic heterocycles. The van der Waals surface area contributed by atoms with Crippen molar-refractivity contribution in [3.8, 4) is 0 Å². The zero-order chi connectivity index (χ0) is 15.0. The molecule has 0 radical (unpaired) electrons. The molecule has 2 rings (SSSR count). The summed E-state index contributed by atoms with van der Waals surface area (Å²) in [6, 6.07) is 5.43. The minimum atomic E-state index is -2.14. The van der Waals surface area contributed by atoms with Crippen LogP contribution in [0.25, 0.3) is 0 Å². The first-order chi connectivity index (χ1) is 9.36. The predicted octanol–water partition coefficient (Wildman–Crippen LogP) is -0.968. The number of carboxylic acid groups (broad SMARTS) is 1. The molecule has 1 aromatic rings. The molecule has 0 unspecified atom stereocenters. The molecule has 0 saturated carbocycles. The third-order valence-electron chi connectivity index (χ3n) is 2.59. The number of amides is 3. The summed E-state index contributed by atoms with van der Waals surface area (Å²) < 4.78 is 0. The Morgan fingerprint density at radius 2 is 1.30 bits per heavy atom. The number of carbonyl (C=O) groups is 6. The van der Waals surface area contributed by atoms with Gasteiger partial charge in [-0.15, -0.1) is 0 Å². The lowest BCUT2D eigenvalue weighted by atomic mass is 10.1. The van der Waals surface area contributed by atoms with Crippen LogP contribution in [0.1, 0.15) is 20.7 Å². The molecule has 100 valence electrons. The van der Waals surface area contributed by atoms with Crippen LogP contribution in [0.2, 0.25) is 0 Å². The van der Waals surface area contributed by atoms with E-state index in [9.17, 15) is 28.8 Å². The summed E-state index contributed by atoms with van der Waals surface area (Å²) in [7, 11) is 0. The van der Waals surface area contributed by atoms with E-state index in [1.54, 1.807) is 0 Å². The lowest BCUT2D eigenvalue weighted by Crippen LogP contribution is -2.44. The molecule has 1 heterocycles. The number of hydrogen-bond acceptors (Lipinski definition) is 6. The van der Waals surface area contributed by atoms with E-state index in [2.05, 4.69) is 0 Å². The number of fused-ring (bicyclic) bond motifs is 1. The van der Waals surface area contributed by atoms with Crippen LogP contribution in [-0.2, 0) is 19.2 Å². The molecule has 1 aromatic carbocycles. The molecule has 0 saturated heterocycles. The molecule has 0 bridgehead atoms. The highest BCUT2D eigenvalue weighted by Gasteiger charge is 2.44. The molecule has 0 spiro atoms. The highest BCUT2D eigenvalue weighted by Crippen LogP contribution is 2.22. The lowest BCUT2D eigenvalue weighted by molar-refractivity contribution is -0.156. The molecule has 20 heavy (non-hydrogen) atoms. The lowest BCUT2D eigenvalue weighted by Gasteiger charge is -2.08. The Hall–Kier alpha value is -3.16. The van der Waals surface area contributed by atoms with Crippen molar-refractivity contribution < 1.29 is 33.9 Å². The van der Waals surface area contributed by atoms with Crippen LogP contribution in [0.3, 0.4) is 0 Å². The van der Waals surface area contributed by atoms with Crippen LogP contribution in [0, 0.1) is 0 Å². The van der Waals surface area contributed by atoms with Crippen LogP contribution in [0.4, 0.5) is 0 Å². The Morgan fingerprint density at radius 1 is 0.850 bits per heavy atom. The average molecular weight is 275 g/mol. The van der Waals surface area contributed by atoms with Crippen LogP contribution >= 0.6 is 0 Å². The van der Waals surface area contributed by atoms with E-state index < -0.39 is 35.3 Å². The summed E-state index contributed by atoms with van der Waals surface area (Å²) in [5, 5.41) is 8.34. The molecular formula is C12H5NO7. The standard InChI is InChI=1S/C12H5NO7/c14-7(8(15)12(19)20)11(18)13-9(16)5-3-1-2-4-6(5)10(13)17/h1-4H,(H,19,20). The summed E-state index contributed by atoms with van der Waals surface area (Å²) in [5.41, 5.74) is -0.192. The minimum absolute atomic E-state index is 0.0339. The van der Waals surface area contributed by atoms with Gasteiger partial charge in [0.05, 0.1) is 11.1 Å². The number of carboxylic acids is 1. The number of carbonyl (C=O) groups excluding carboxylic acids is 5. The van der Waals surface area contributed by atoms with E-state index in [1.165, 1.54) is 24.3 Å². The fourth-order valence-electron chi connectivity index (χ4n) is 1.67. The van der Waals surface area contributed by atoms with E-state index in [0.29, 0.717) is 0 Å². The van der Waals surface area contributed by atoms with Crippen molar-refractivity contribution >= 4 is 35.3 Å². The van der Waals surface area contributed by atoms with Crippen molar-refractivity contribution in [2.45, 2.75) is 0 Å². The normalized spacial score (nSPS) is 13.1. The number of benzene rings is 1. The van der Waals surface area contributed by atoms with Crippen LogP contribution in [-0.4, -0.2) is 45.3 Å². The molecule has 3 amide bonds. The van der Waals surface area contributed by atoms with Crippen molar-refractivity contribution in [1.29, 1.82) is 0 Å². The second-order valence-corrected chi connectivity index (χ2v) is 3.76. The number of hydrogen-bond donors (Lipinski definition) is 1. The van der Waals surface area contributed by atoms with Crippen LogP contribution in [0.15, 0.2) is 24.3 Å². The number of ketones is 2. The Labute approximate surface area is 110 Å². The highest BCUT2D eigenvalue weighted by molar-refractivity contribution is 6.77. The Morgan fingerprint density at radius 3 is 1.70 bits per heavy atom. The van der Waals surface area contributed by atoms with Gasteiger partial charge in [-0.05, 0) is 12.1 Å². The van der Waals surface area contributed by atoms with E-state index in [0.717, 1.165) is 0 Å². The van der Waals surface area contributed by atoms with Crippen molar-refractivity contribution in [3.63, 3.8) is 0 Å². The quantitative estimate of drug-likeness (QED) is 0.427. The second-order valence-electron chi connectivity index (χ2n) is 3.76. The maximum atomic E-state index is 11.8. The van der Waals surface area contributed by atoms with Gasteiger partial charge in [0, 0.05) is 0 Å². The van der Waals surface area contributed by atoms with Crippen molar-refractivity contribution in [2.75, 3.05) is 0 Å². The predicted molar refractivity (Wildman–Crippen MR) is 59.6 cm³/mol. The third kappa shape index (κ3) is 1.79. The maximum absolute atomic E-state index is 11.8. The van der Waals surface area contributed by atoms with E-state index >= 15 is 0 Å². The molecule has 0 atom stereocenters. The van der Waals surface area contributed by atoms with E-state index in [-0.39, 0.29) is 16.0 Å². The summed E-state index contributed by atoms with van der Waals surface area (Å²) in [6.07, 6.45) is 0. The molecule has 0 aliphatic carbocycles. The minimum Gasteiger partial charge on any atom is -0.475 e. The Balaban J connectivity index is 2.37. The monoisotopic (exact) mass is 275 g/mol. The fourth-order valence-corrected chi connectivity index (χ4v) is 1.67. The summed E-state index contributed by atoms with van der Waals surface area (Å²) >= 11 is 0. The maximum Gasteiger partial charge on any atom is 0.381 e. The third-order valence-corrected chi connectivity index (χ3v) is 2.59. The molecule has 8 nitrogen and oxygen atoms in total. The van der Waals surface area contributed by atoms with Gasteiger partial charge in [0.15, 0.2) is 0 Å². The number of aliphatic carboxylic acids is 1. The number of Topliss-reactive ketones (excluding diaryl/α,β-unsaturated/α-hetero) is 2. The van der Waals surface area contributed by atoms with Crippen LogP contribution in [0.5, 0.6) is 0 Å². The summed E-state index contributed by atoms with van der Waals surface area (Å²) in [5.74, 6) is -10.0. The van der Waals surface area contributed by atoms with Crippen molar-refractivity contribution in [3.05, 3.63) is 35.4 Å². The van der Waals surface area contributed by atoms with Gasteiger partial charge in [0.2, 0.25) is 0 Å². The summed E-state index contributed by atoms with van der Waals surface area (Å²) in [4.78, 5) is 67.8. The van der Waals surface area contributed by atoms with Gasteiger partial charge in [-0.2, -0.15) is 0 Å². The van der Waals surface area contributed by atoms with Gasteiger partial charge in [0.1, 0.15) is 0 Å².